The lowest BCUT2D eigenvalue weighted by atomic mass is 10.1. The molecule has 1 aromatic heterocycles. The van der Waals surface area contributed by atoms with E-state index in [1.54, 1.807) is 6.92 Å². The SMILES string of the molecule is Cc1cc(Cl)c(COc2nsc(NC(=O)NCCCN(CCO)CCO)c2C(=O)O)cc1F. The van der Waals surface area contributed by atoms with Crippen LogP contribution in [0.15, 0.2) is 12.1 Å². The zero-order chi connectivity index (χ0) is 24.4. The minimum absolute atomic E-state index is 0.0154. The van der Waals surface area contributed by atoms with Gasteiger partial charge in [-0.25, -0.2) is 14.0 Å². The maximum atomic E-state index is 13.8. The van der Waals surface area contributed by atoms with E-state index in [2.05, 4.69) is 15.0 Å². The molecule has 1 aromatic carbocycles. The van der Waals surface area contributed by atoms with Crippen molar-refractivity contribution in [3.05, 3.63) is 39.7 Å². The van der Waals surface area contributed by atoms with E-state index in [4.69, 9.17) is 26.6 Å². The van der Waals surface area contributed by atoms with Crippen molar-refractivity contribution in [3.63, 3.8) is 0 Å². The van der Waals surface area contributed by atoms with Gasteiger partial charge in [-0.05, 0) is 49.1 Å². The fourth-order valence-electron chi connectivity index (χ4n) is 2.86. The number of nitrogens with one attached hydrogen (secondary N) is 2. The zero-order valence-corrected chi connectivity index (χ0v) is 19.5. The summed E-state index contributed by atoms with van der Waals surface area (Å²) in [7, 11) is 0. The molecule has 0 unspecified atom stereocenters. The number of hydrogen-bond acceptors (Lipinski definition) is 8. The van der Waals surface area contributed by atoms with Crippen LogP contribution in [0.4, 0.5) is 14.2 Å². The van der Waals surface area contributed by atoms with Gasteiger partial charge in [-0.3, -0.25) is 10.2 Å². The third-order valence-corrected chi connectivity index (χ3v) is 5.66. The number of urea groups is 1. The Balaban J connectivity index is 1.94. The smallest absolute Gasteiger partial charge is 0.344 e. The number of aliphatic hydroxyl groups is 2. The Bertz CT molecular complexity index is 955. The number of carboxylic acid groups (broad SMARTS) is 1. The second-order valence-corrected chi connectivity index (χ2v) is 8.18. The number of carbonyl (C=O) groups excluding carboxylic acids is 1. The molecule has 2 amide bonds. The van der Waals surface area contributed by atoms with Gasteiger partial charge in [0.15, 0.2) is 5.56 Å². The lowest BCUT2D eigenvalue weighted by Gasteiger charge is -2.19. The third-order valence-electron chi connectivity index (χ3n) is 4.56. The molecular weight excluding hydrogens is 479 g/mol. The molecule has 0 saturated heterocycles. The van der Waals surface area contributed by atoms with Gasteiger partial charge >= 0.3 is 12.0 Å². The number of aliphatic hydroxyl groups excluding tert-OH is 2. The summed E-state index contributed by atoms with van der Waals surface area (Å²) >= 11 is 6.82. The number of carboxylic acids is 1. The molecule has 0 fully saturated rings. The predicted molar refractivity (Wildman–Crippen MR) is 122 cm³/mol. The summed E-state index contributed by atoms with van der Waals surface area (Å²) in [5, 5.41) is 32.8. The van der Waals surface area contributed by atoms with Gasteiger partial charge in [-0.2, -0.15) is 4.37 Å². The molecule has 182 valence electrons. The Morgan fingerprint density at radius 2 is 1.94 bits per heavy atom. The Labute approximate surface area is 199 Å². The minimum atomic E-state index is -1.35. The van der Waals surface area contributed by atoms with E-state index in [1.807, 2.05) is 4.90 Å². The summed E-state index contributed by atoms with van der Waals surface area (Å²) in [5.41, 5.74) is 0.374. The van der Waals surface area contributed by atoms with Crippen LogP contribution in [0.25, 0.3) is 0 Å². The third kappa shape index (κ3) is 8.09. The zero-order valence-electron chi connectivity index (χ0n) is 17.9. The molecule has 0 atom stereocenters. The molecular formula is C20H26ClFN4O6S. The van der Waals surface area contributed by atoms with E-state index in [-0.39, 0.29) is 41.3 Å². The van der Waals surface area contributed by atoms with E-state index in [9.17, 15) is 19.1 Å². The Kier molecular flexibility index (Phi) is 10.7. The normalized spacial score (nSPS) is 11.0. The summed E-state index contributed by atoms with van der Waals surface area (Å²) in [6.45, 7) is 2.97. The highest BCUT2D eigenvalue weighted by atomic mass is 35.5. The van der Waals surface area contributed by atoms with Gasteiger partial charge in [0.2, 0.25) is 5.88 Å². The van der Waals surface area contributed by atoms with E-state index in [1.165, 1.54) is 12.1 Å². The number of halogens is 2. The molecule has 0 radical (unpaired) electrons. The van der Waals surface area contributed by atoms with Gasteiger partial charge in [-0.15, -0.1) is 0 Å². The molecule has 0 aliphatic carbocycles. The number of aryl methyl sites for hydroxylation is 1. The molecule has 0 aliphatic rings. The Hall–Kier alpha value is -2.51. The summed E-state index contributed by atoms with van der Waals surface area (Å²) in [5.74, 6) is -2.04. The summed E-state index contributed by atoms with van der Waals surface area (Å²) in [4.78, 5) is 25.7. The van der Waals surface area contributed by atoms with Crippen LogP contribution in [-0.4, -0.2) is 76.0 Å². The first kappa shape index (κ1) is 26.7. The molecule has 0 aliphatic heterocycles. The number of rotatable bonds is 13. The predicted octanol–water partition coefficient (Wildman–Crippen LogP) is 2.32. The van der Waals surface area contributed by atoms with Crippen LogP contribution >= 0.6 is 23.1 Å². The summed E-state index contributed by atoms with van der Waals surface area (Å²) in [6, 6.07) is 2.03. The van der Waals surface area contributed by atoms with Crippen LogP contribution in [0, 0.1) is 12.7 Å². The van der Waals surface area contributed by atoms with Crippen molar-refractivity contribution in [2.75, 3.05) is 44.7 Å². The van der Waals surface area contributed by atoms with Crippen molar-refractivity contribution in [1.29, 1.82) is 0 Å². The average molecular weight is 505 g/mol. The number of benzene rings is 1. The molecule has 33 heavy (non-hydrogen) atoms. The van der Waals surface area contributed by atoms with Gasteiger partial charge in [0.25, 0.3) is 0 Å². The van der Waals surface area contributed by atoms with Crippen molar-refractivity contribution in [2.24, 2.45) is 0 Å². The monoisotopic (exact) mass is 504 g/mol. The highest BCUT2D eigenvalue weighted by molar-refractivity contribution is 7.11. The second kappa shape index (κ2) is 13.3. The molecule has 13 heteroatoms. The Morgan fingerprint density at radius 1 is 1.24 bits per heavy atom. The van der Waals surface area contributed by atoms with Crippen LogP contribution in [0.2, 0.25) is 5.02 Å². The van der Waals surface area contributed by atoms with E-state index < -0.39 is 17.8 Å². The highest BCUT2D eigenvalue weighted by Gasteiger charge is 2.23. The quantitative estimate of drug-likeness (QED) is 0.261. The lowest BCUT2D eigenvalue weighted by molar-refractivity contribution is 0.0693. The first-order valence-corrected chi connectivity index (χ1v) is 11.2. The number of aromatic carboxylic acids is 1. The number of carbonyl (C=O) groups is 2. The molecule has 0 saturated carbocycles. The molecule has 2 rings (SSSR count). The van der Waals surface area contributed by atoms with Gasteiger partial charge in [0, 0.05) is 30.2 Å². The van der Waals surface area contributed by atoms with Crippen molar-refractivity contribution >= 4 is 40.1 Å². The lowest BCUT2D eigenvalue weighted by Crippen LogP contribution is -2.34. The number of ether oxygens (including phenoxy) is 1. The van der Waals surface area contributed by atoms with E-state index >= 15 is 0 Å². The highest BCUT2D eigenvalue weighted by Crippen LogP contribution is 2.32. The van der Waals surface area contributed by atoms with Gasteiger partial charge < -0.3 is 25.4 Å². The van der Waals surface area contributed by atoms with Crippen molar-refractivity contribution < 1.29 is 34.0 Å². The summed E-state index contributed by atoms with van der Waals surface area (Å²) in [6.07, 6.45) is 0.560. The van der Waals surface area contributed by atoms with Crippen molar-refractivity contribution in [3.8, 4) is 5.88 Å². The fourth-order valence-corrected chi connectivity index (χ4v) is 3.86. The molecule has 1 heterocycles. The van der Waals surface area contributed by atoms with Crippen molar-refractivity contribution in [2.45, 2.75) is 20.0 Å². The second-order valence-electron chi connectivity index (χ2n) is 7.00. The molecule has 0 spiro atoms. The van der Waals surface area contributed by atoms with Crippen LogP contribution < -0.4 is 15.4 Å². The van der Waals surface area contributed by atoms with Crippen LogP contribution in [0.1, 0.15) is 27.9 Å². The summed E-state index contributed by atoms with van der Waals surface area (Å²) < 4.78 is 23.2. The fraction of sp³-hybridized carbons (Fsp3) is 0.450. The number of nitrogens with zero attached hydrogens (tertiary/aromatic N) is 2. The van der Waals surface area contributed by atoms with Crippen LogP contribution in [-0.2, 0) is 6.61 Å². The van der Waals surface area contributed by atoms with Gasteiger partial charge in [-0.1, -0.05) is 11.6 Å². The Morgan fingerprint density at radius 3 is 2.58 bits per heavy atom. The average Bonchev–Trinajstić information content (AvgIpc) is 3.15. The molecule has 2 aromatic rings. The maximum absolute atomic E-state index is 13.8. The number of hydrogen-bond donors (Lipinski definition) is 5. The molecule has 5 N–H and O–H groups in total. The largest absolute Gasteiger partial charge is 0.477 e. The first-order chi connectivity index (χ1) is 15.8. The van der Waals surface area contributed by atoms with Crippen LogP contribution in [0.3, 0.4) is 0 Å². The van der Waals surface area contributed by atoms with E-state index in [0.29, 0.717) is 43.7 Å². The van der Waals surface area contributed by atoms with Crippen LogP contribution in [0.5, 0.6) is 5.88 Å². The maximum Gasteiger partial charge on any atom is 0.344 e. The number of anilines is 1. The molecule has 0 bridgehead atoms. The minimum Gasteiger partial charge on any atom is -0.477 e. The number of amides is 2. The standard InChI is InChI=1S/C20H26ClFN4O6S/c1-12-9-14(21)13(10-15(12)22)11-32-17-16(19(29)30)18(33-25-17)24-20(31)23-3-2-4-26(5-7-27)6-8-28/h9-10,27-28H,2-8,11H2,1H3,(H,29,30)(H2,23,24,31). The van der Waals surface area contributed by atoms with Gasteiger partial charge in [0.1, 0.15) is 17.4 Å². The molecule has 10 nitrogen and oxygen atoms in total. The number of aromatic nitrogens is 1. The van der Waals surface area contributed by atoms with E-state index in [0.717, 1.165) is 11.5 Å². The van der Waals surface area contributed by atoms with Crippen molar-refractivity contribution in [1.82, 2.24) is 14.6 Å². The first-order valence-electron chi connectivity index (χ1n) is 10.1. The topological polar surface area (TPSA) is 144 Å². The van der Waals surface area contributed by atoms with Gasteiger partial charge in [0.05, 0.1) is 13.2 Å².